The van der Waals surface area contributed by atoms with Crippen molar-refractivity contribution in [2.75, 3.05) is 11.9 Å². The molecule has 1 heterocycles. The summed E-state index contributed by atoms with van der Waals surface area (Å²) in [6.07, 6.45) is 0.473. The summed E-state index contributed by atoms with van der Waals surface area (Å²) in [5, 5.41) is 0.755. The number of amides is 1. The Bertz CT molecular complexity index is 729. The van der Waals surface area contributed by atoms with E-state index in [0.717, 1.165) is 33.0 Å². The third kappa shape index (κ3) is 2.60. The Balaban J connectivity index is 1.98. The molecule has 1 atom stereocenters. The van der Waals surface area contributed by atoms with E-state index >= 15 is 0 Å². The quantitative estimate of drug-likeness (QED) is 0.710. The Morgan fingerprint density at radius 2 is 2.00 bits per heavy atom. The van der Waals surface area contributed by atoms with Crippen LogP contribution in [0, 0.1) is 6.92 Å². The molecule has 0 radical (unpaired) electrons. The first-order chi connectivity index (χ1) is 9.97. The van der Waals surface area contributed by atoms with Gasteiger partial charge in [0.15, 0.2) is 0 Å². The van der Waals surface area contributed by atoms with Crippen LogP contribution in [-0.2, 0) is 11.2 Å². The average molecular weight is 365 g/mol. The summed E-state index contributed by atoms with van der Waals surface area (Å²) >= 11 is 10.1. The van der Waals surface area contributed by atoms with Crippen LogP contribution in [0.25, 0.3) is 0 Å². The standard InChI is InChI=1S/C17H15BrClNO/c1-10-3-5-13(14(19)7-10)17(18)11-4-6-15-12(8-11)9-16(21)20(15)2/h3-8,17H,9H2,1-2H3. The number of alkyl halides is 1. The first kappa shape index (κ1) is 14.6. The van der Waals surface area contributed by atoms with Crippen molar-refractivity contribution in [3.05, 3.63) is 63.7 Å². The van der Waals surface area contributed by atoms with Crippen molar-refractivity contribution < 1.29 is 4.79 Å². The van der Waals surface area contributed by atoms with E-state index < -0.39 is 0 Å². The van der Waals surface area contributed by atoms with Gasteiger partial charge in [0, 0.05) is 17.8 Å². The third-order valence-corrected chi connectivity index (χ3v) is 5.25. The van der Waals surface area contributed by atoms with Gasteiger partial charge in [0.25, 0.3) is 0 Å². The molecule has 4 heteroatoms. The van der Waals surface area contributed by atoms with E-state index in [1.54, 1.807) is 4.90 Å². The smallest absolute Gasteiger partial charge is 0.231 e. The van der Waals surface area contributed by atoms with Gasteiger partial charge in [-0.1, -0.05) is 51.8 Å². The van der Waals surface area contributed by atoms with Gasteiger partial charge in [0.2, 0.25) is 5.91 Å². The highest BCUT2D eigenvalue weighted by atomic mass is 79.9. The van der Waals surface area contributed by atoms with Crippen LogP contribution in [0.15, 0.2) is 36.4 Å². The molecule has 0 fully saturated rings. The number of nitrogens with zero attached hydrogens (tertiary/aromatic N) is 1. The van der Waals surface area contributed by atoms with Crippen LogP contribution in [0.2, 0.25) is 5.02 Å². The number of hydrogen-bond acceptors (Lipinski definition) is 1. The number of carbonyl (C=O) groups excluding carboxylic acids is 1. The number of likely N-dealkylation sites (N-methyl/N-ethyl adjacent to an activating group) is 1. The fourth-order valence-electron chi connectivity index (χ4n) is 2.67. The minimum Gasteiger partial charge on any atom is -0.315 e. The normalized spacial score (nSPS) is 15.2. The molecule has 2 aromatic rings. The molecule has 3 rings (SSSR count). The molecule has 1 unspecified atom stereocenters. The second-order valence-corrected chi connectivity index (χ2v) is 6.73. The van der Waals surface area contributed by atoms with E-state index in [4.69, 9.17) is 11.6 Å². The van der Waals surface area contributed by atoms with E-state index in [1.165, 1.54) is 0 Å². The Labute approximate surface area is 137 Å². The number of rotatable bonds is 2. The Hall–Kier alpha value is -1.32. The molecule has 1 aliphatic rings. The average Bonchev–Trinajstić information content (AvgIpc) is 2.73. The zero-order valence-corrected chi connectivity index (χ0v) is 14.2. The van der Waals surface area contributed by atoms with Gasteiger partial charge in [0.1, 0.15) is 0 Å². The predicted octanol–water partition coefficient (Wildman–Crippen LogP) is 4.65. The lowest BCUT2D eigenvalue weighted by molar-refractivity contribution is -0.117. The van der Waals surface area contributed by atoms with E-state index in [0.29, 0.717) is 6.42 Å². The monoisotopic (exact) mass is 363 g/mol. The van der Waals surface area contributed by atoms with Crippen LogP contribution in [0.1, 0.15) is 27.1 Å². The highest BCUT2D eigenvalue weighted by Crippen LogP contribution is 2.38. The molecule has 2 nitrogen and oxygen atoms in total. The molecule has 0 bridgehead atoms. The molecule has 0 spiro atoms. The first-order valence-electron chi connectivity index (χ1n) is 6.77. The minimum absolute atomic E-state index is 0.0249. The maximum atomic E-state index is 11.8. The molecular formula is C17H15BrClNO. The fourth-order valence-corrected chi connectivity index (χ4v) is 3.83. The Kier molecular flexibility index (Phi) is 3.80. The van der Waals surface area contributed by atoms with Crippen LogP contribution in [0.5, 0.6) is 0 Å². The fraction of sp³-hybridized carbons (Fsp3) is 0.235. The van der Waals surface area contributed by atoms with Gasteiger partial charge < -0.3 is 4.90 Å². The van der Waals surface area contributed by atoms with Crippen molar-refractivity contribution >= 4 is 39.1 Å². The molecule has 0 saturated carbocycles. The van der Waals surface area contributed by atoms with Gasteiger partial charge in [-0.15, -0.1) is 0 Å². The van der Waals surface area contributed by atoms with Crippen molar-refractivity contribution in [1.82, 2.24) is 0 Å². The van der Waals surface area contributed by atoms with E-state index in [-0.39, 0.29) is 10.7 Å². The van der Waals surface area contributed by atoms with Crippen LogP contribution in [0.3, 0.4) is 0 Å². The second kappa shape index (κ2) is 5.47. The van der Waals surface area contributed by atoms with Gasteiger partial charge in [-0.05, 0) is 41.3 Å². The molecule has 1 aliphatic heterocycles. The number of hydrogen-bond donors (Lipinski definition) is 0. The number of halogens is 2. The summed E-state index contributed by atoms with van der Waals surface area (Å²) in [6.45, 7) is 2.02. The van der Waals surface area contributed by atoms with Crippen molar-refractivity contribution in [3.8, 4) is 0 Å². The van der Waals surface area contributed by atoms with Crippen LogP contribution in [0.4, 0.5) is 5.69 Å². The maximum Gasteiger partial charge on any atom is 0.231 e. The van der Waals surface area contributed by atoms with Crippen molar-refractivity contribution in [2.24, 2.45) is 0 Å². The SMILES string of the molecule is Cc1ccc(C(Br)c2ccc3c(c2)CC(=O)N3C)c(Cl)c1. The molecule has 108 valence electrons. The lowest BCUT2D eigenvalue weighted by atomic mass is 10.0. The predicted molar refractivity (Wildman–Crippen MR) is 90.5 cm³/mol. The van der Waals surface area contributed by atoms with Crippen LogP contribution < -0.4 is 4.90 Å². The summed E-state index contributed by atoms with van der Waals surface area (Å²) < 4.78 is 0. The molecule has 0 N–H and O–H groups in total. The minimum atomic E-state index is 0.0249. The molecule has 0 aliphatic carbocycles. The largest absolute Gasteiger partial charge is 0.315 e. The number of anilines is 1. The summed E-state index contributed by atoms with van der Waals surface area (Å²) in [5.74, 6) is 0.140. The lowest BCUT2D eigenvalue weighted by Crippen LogP contribution is -2.20. The van der Waals surface area contributed by atoms with Crippen molar-refractivity contribution in [3.63, 3.8) is 0 Å². The van der Waals surface area contributed by atoms with Crippen molar-refractivity contribution in [2.45, 2.75) is 18.2 Å². The van der Waals surface area contributed by atoms with Gasteiger partial charge in [-0.3, -0.25) is 4.79 Å². The van der Waals surface area contributed by atoms with Crippen LogP contribution >= 0.6 is 27.5 Å². The Morgan fingerprint density at radius 3 is 2.71 bits per heavy atom. The highest BCUT2D eigenvalue weighted by molar-refractivity contribution is 9.09. The molecule has 2 aromatic carbocycles. The summed E-state index contributed by atoms with van der Waals surface area (Å²) in [6, 6.07) is 12.2. The van der Waals surface area contributed by atoms with Gasteiger partial charge in [-0.25, -0.2) is 0 Å². The molecular weight excluding hydrogens is 350 g/mol. The molecule has 0 aromatic heterocycles. The van der Waals surface area contributed by atoms with E-state index in [9.17, 15) is 4.79 Å². The summed E-state index contributed by atoms with van der Waals surface area (Å²) in [4.78, 5) is 13.5. The third-order valence-electron chi connectivity index (χ3n) is 3.90. The number of aryl methyl sites for hydroxylation is 1. The topological polar surface area (TPSA) is 20.3 Å². The summed E-state index contributed by atoms with van der Waals surface area (Å²) in [7, 11) is 1.82. The van der Waals surface area contributed by atoms with E-state index in [1.807, 2.05) is 38.2 Å². The number of benzene rings is 2. The highest BCUT2D eigenvalue weighted by Gasteiger charge is 2.25. The molecule has 1 amide bonds. The Morgan fingerprint density at radius 1 is 1.24 bits per heavy atom. The lowest BCUT2D eigenvalue weighted by Gasteiger charge is -2.15. The molecule has 0 saturated heterocycles. The zero-order valence-electron chi connectivity index (χ0n) is 11.9. The molecule has 21 heavy (non-hydrogen) atoms. The van der Waals surface area contributed by atoms with Crippen LogP contribution in [-0.4, -0.2) is 13.0 Å². The van der Waals surface area contributed by atoms with E-state index in [2.05, 4.69) is 28.1 Å². The van der Waals surface area contributed by atoms with Gasteiger partial charge in [-0.2, -0.15) is 0 Å². The maximum absolute atomic E-state index is 11.8. The zero-order chi connectivity index (χ0) is 15.1. The van der Waals surface area contributed by atoms with Gasteiger partial charge >= 0.3 is 0 Å². The van der Waals surface area contributed by atoms with Gasteiger partial charge in [0.05, 0.1) is 11.2 Å². The summed E-state index contributed by atoms with van der Waals surface area (Å²) in [5.41, 5.74) is 5.37. The number of fused-ring (bicyclic) bond motifs is 1. The number of carbonyl (C=O) groups is 1. The first-order valence-corrected chi connectivity index (χ1v) is 8.06. The van der Waals surface area contributed by atoms with Crippen molar-refractivity contribution in [1.29, 1.82) is 0 Å². The second-order valence-electron chi connectivity index (χ2n) is 5.41.